The molecular formula is C7H14O3. The van der Waals surface area contributed by atoms with Crippen LogP contribution in [0.2, 0.25) is 0 Å². The van der Waals surface area contributed by atoms with Crippen molar-refractivity contribution in [1.29, 1.82) is 0 Å². The van der Waals surface area contributed by atoms with E-state index in [2.05, 4.69) is 4.74 Å². The van der Waals surface area contributed by atoms with E-state index in [1.165, 1.54) is 7.11 Å². The first-order valence-electron chi connectivity index (χ1n) is 3.31. The van der Waals surface area contributed by atoms with Crippen molar-refractivity contribution in [3.8, 4) is 0 Å². The van der Waals surface area contributed by atoms with Crippen molar-refractivity contribution in [1.82, 2.24) is 0 Å². The van der Waals surface area contributed by atoms with Crippen LogP contribution in [0.3, 0.4) is 0 Å². The minimum Gasteiger partial charge on any atom is -0.467 e. The lowest BCUT2D eigenvalue weighted by Gasteiger charge is -2.12. The molecule has 0 rings (SSSR count). The molecule has 0 heterocycles. The molecule has 60 valence electrons. The standard InChI is InChI=1S/C7H14O3/c1-5(2)10-6(3)7(8)9-4/h5-6H,1-4H3. The van der Waals surface area contributed by atoms with Crippen LogP contribution in [-0.4, -0.2) is 25.3 Å². The molecule has 0 saturated carbocycles. The summed E-state index contributed by atoms with van der Waals surface area (Å²) in [5.41, 5.74) is 0. The maximum absolute atomic E-state index is 10.7. The Bertz CT molecular complexity index is 109. The summed E-state index contributed by atoms with van der Waals surface area (Å²) in [7, 11) is 1.35. The lowest BCUT2D eigenvalue weighted by molar-refractivity contribution is -0.155. The van der Waals surface area contributed by atoms with Crippen LogP contribution in [0.5, 0.6) is 0 Å². The molecular weight excluding hydrogens is 132 g/mol. The van der Waals surface area contributed by atoms with Crippen LogP contribution in [0.15, 0.2) is 0 Å². The van der Waals surface area contributed by atoms with Crippen LogP contribution in [0, 0.1) is 0 Å². The lowest BCUT2D eigenvalue weighted by Crippen LogP contribution is -2.24. The molecule has 0 bridgehead atoms. The van der Waals surface area contributed by atoms with Crippen LogP contribution < -0.4 is 0 Å². The fourth-order valence-corrected chi connectivity index (χ4v) is 0.630. The summed E-state index contributed by atoms with van der Waals surface area (Å²) < 4.78 is 9.58. The molecule has 3 heteroatoms. The third-order valence-electron chi connectivity index (χ3n) is 1.01. The Morgan fingerprint density at radius 1 is 1.30 bits per heavy atom. The van der Waals surface area contributed by atoms with Gasteiger partial charge in [0.05, 0.1) is 13.2 Å². The number of hydrogen-bond donors (Lipinski definition) is 0. The number of esters is 1. The number of methoxy groups -OCH3 is 1. The first kappa shape index (κ1) is 9.43. The van der Waals surface area contributed by atoms with Gasteiger partial charge < -0.3 is 9.47 Å². The summed E-state index contributed by atoms with van der Waals surface area (Å²) in [6.45, 7) is 5.42. The molecule has 1 unspecified atom stereocenters. The zero-order valence-corrected chi connectivity index (χ0v) is 6.88. The summed E-state index contributed by atoms with van der Waals surface area (Å²) in [5.74, 6) is -0.325. The van der Waals surface area contributed by atoms with Gasteiger partial charge in [0.1, 0.15) is 0 Å². The molecule has 0 aliphatic carbocycles. The molecule has 0 fully saturated rings. The van der Waals surface area contributed by atoms with Crippen LogP contribution in [0.4, 0.5) is 0 Å². The molecule has 3 nitrogen and oxygen atoms in total. The van der Waals surface area contributed by atoms with E-state index in [1.807, 2.05) is 13.8 Å². The minimum atomic E-state index is -0.454. The van der Waals surface area contributed by atoms with Crippen LogP contribution >= 0.6 is 0 Å². The Balaban J connectivity index is 3.61. The SMILES string of the molecule is COC(=O)C(C)OC(C)C. The van der Waals surface area contributed by atoms with Gasteiger partial charge in [-0.05, 0) is 20.8 Å². The summed E-state index contributed by atoms with van der Waals surface area (Å²) >= 11 is 0. The molecule has 0 radical (unpaired) electrons. The van der Waals surface area contributed by atoms with E-state index in [0.29, 0.717) is 0 Å². The maximum Gasteiger partial charge on any atom is 0.334 e. The Hall–Kier alpha value is -0.570. The average Bonchev–Trinajstić information content (AvgIpc) is 1.85. The Labute approximate surface area is 61.3 Å². The zero-order chi connectivity index (χ0) is 8.15. The van der Waals surface area contributed by atoms with E-state index in [4.69, 9.17) is 4.74 Å². The quantitative estimate of drug-likeness (QED) is 0.556. The molecule has 0 aliphatic heterocycles. The second-order valence-electron chi connectivity index (χ2n) is 2.35. The highest BCUT2D eigenvalue weighted by atomic mass is 16.6. The predicted molar refractivity (Wildman–Crippen MR) is 37.7 cm³/mol. The zero-order valence-electron chi connectivity index (χ0n) is 6.88. The fraction of sp³-hybridized carbons (Fsp3) is 0.857. The smallest absolute Gasteiger partial charge is 0.334 e. The minimum absolute atomic E-state index is 0.0640. The van der Waals surface area contributed by atoms with E-state index < -0.39 is 6.10 Å². The van der Waals surface area contributed by atoms with Gasteiger partial charge in [0.2, 0.25) is 0 Å². The fourth-order valence-electron chi connectivity index (χ4n) is 0.630. The van der Waals surface area contributed by atoms with E-state index in [9.17, 15) is 4.79 Å². The second-order valence-corrected chi connectivity index (χ2v) is 2.35. The third kappa shape index (κ3) is 3.45. The number of carbonyl (C=O) groups excluding carboxylic acids is 1. The van der Waals surface area contributed by atoms with Crippen molar-refractivity contribution in [2.45, 2.75) is 33.0 Å². The summed E-state index contributed by atoms with van der Waals surface area (Å²) in [6, 6.07) is 0. The van der Waals surface area contributed by atoms with Crippen LogP contribution in [0.25, 0.3) is 0 Å². The van der Waals surface area contributed by atoms with Gasteiger partial charge in [0.25, 0.3) is 0 Å². The van der Waals surface area contributed by atoms with Crippen LogP contribution in [0.1, 0.15) is 20.8 Å². The number of carbonyl (C=O) groups is 1. The highest BCUT2D eigenvalue weighted by Gasteiger charge is 2.13. The third-order valence-corrected chi connectivity index (χ3v) is 1.01. The average molecular weight is 146 g/mol. The van der Waals surface area contributed by atoms with Crippen molar-refractivity contribution in [3.05, 3.63) is 0 Å². The molecule has 0 N–H and O–H groups in total. The van der Waals surface area contributed by atoms with Gasteiger partial charge >= 0.3 is 5.97 Å². The van der Waals surface area contributed by atoms with E-state index in [-0.39, 0.29) is 12.1 Å². The topological polar surface area (TPSA) is 35.5 Å². The molecule has 0 aliphatic rings. The van der Waals surface area contributed by atoms with Crippen molar-refractivity contribution in [2.24, 2.45) is 0 Å². The lowest BCUT2D eigenvalue weighted by atomic mass is 10.4. The van der Waals surface area contributed by atoms with Gasteiger partial charge in [-0.15, -0.1) is 0 Å². The summed E-state index contributed by atoms with van der Waals surface area (Å²) in [6.07, 6.45) is -0.390. The Morgan fingerprint density at radius 3 is 2.10 bits per heavy atom. The molecule has 0 spiro atoms. The Kier molecular flexibility index (Phi) is 4.03. The van der Waals surface area contributed by atoms with Crippen molar-refractivity contribution in [3.63, 3.8) is 0 Å². The van der Waals surface area contributed by atoms with Gasteiger partial charge in [-0.25, -0.2) is 4.79 Å². The molecule has 0 aromatic heterocycles. The van der Waals surface area contributed by atoms with Crippen molar-refractivity contribution >= 4 is 5.97 Å². The highest BCUT2D eigenvalue weighted by molar-refractivity contribution is 5.73. The number of rotatable bonds is 3. The molecule has 0 saturated heterocycles. The van der Waals surface area contributed by atoms with E-state index >= 15 is 0 Å². The molecule has 1 atom stereocenters. The number of hydrogen-bond acceptors (Lipinski definition) is 3. The Morgan fingerprint density at radius 2 is 1.80 bits per heavy atom. The van der Waals surface area contributed by atoms with Crippen molar-refractivity contribution in [2.75, 3.05) is 7.11 Å². The van der Waals surface area contributed by atoms with Gasteiger partial charge in [-0.2, -0.15) is 0 Å². The monoisotopic (exact) mass is 146 g/mol. The van der Waals surface area contributed by atoms with Crippen LogP contribution in [-0.2, 0) is 14.3 Å². The van der Waals surface area contributed by atoms with Gasteiger partial charge in [-0.1, -0.05) is 0 Å². The predicted octanol–water partition coefficient (Wildman–Crippen LogP) is 0.973. The molecule has 0 aromatic rings. The first-order chi connectivity index (χ1) is 4.57. The van der Waals surface area contributed by atoms with E-state index in [1.54, 1.807) is 6.92 Å². The molecule has 0 amide bonds. The number of ether oxygens (including phenoxy) is 2. The molecule has 0 aromatic carbocycles. The highest BCUT2D eigenvalue weighted by Crippen LogP contribution is 1.97. The van der Waals surface area contributed by atoms with E-state index in [0.717, 1.165) is 0 Å². The first-order valence-corrected chi connectivity index (χ1v) is 3.31. The van der Waals surface area contributed by atoms with Gasteiger partial charge in [-0.3, -0.25) is 0 Å². The molecule has 10 heavy (non-hydrogen) atoms. The summed E-state index contributed by atoms with van der Waals surface area (Å²) in [5, 5.41) is 0. The van der Waals surface area contributed by atoms with Gasteiger partial charge in [0, 0.05) is 0 Å². The summed E-state index contributed by atoms with van der Waals surface area (Å²) in [4.78, 5) is 10.7. The normalized spacial score (nSPS) is 13.3. The largest absolute Gasteiger partial charge is 0.467 e. The van der Waals surface area contributed by atoms with Crippen molar-refractivity contribution < 1.29 is 14.3 Å². The second kappa shape index (κ2) is 4.28. The maximum atomic E-state index is 10.7. The van der Waals surface area contributed by atoms with Gasteiger partial charge in [0.15, 0.2) is 6.10 Å².